The standard InChI is InChI=1S/C28H28FN3O4S/c1-3-22-23(9-11-25(26(22)29)37(2,34)35)28(33)32-14-15-36-24-10-8-20(16-21(24)17-32)18-4-6-19(7-5-18)27-30-12-13-31-27/h4-11,16H,3,12-15,17H2,1-2H3,(H,30,31). The lowest BCUT2D eigenvalue weighted by Gasteiger charge is -2.22. The lowest BCUT2D eigenvalue weighted by molar-refractivity contribution is 0.0731. The van der Waals surface area contributed by atoms with Crippen molar-refractivity contribution in [2.45, 2.75) is 24.8 Å². The van der Waals surface area contributed by atoms with Crippen LogP contribution in [0.15, 0.2) is 64.5 Å². The molecule has 2 aliphatic rings. The molecule has 0 aromatic heterocycles. The van der Waals surface area contributed by atoms with E-state index >= 15 is 4.39 Å². The Hall–Kier alpha value is -3.72. The lowest BCUT2D eigenvalue weighted by atomic mass is 10.00. The summed E-state index contributed by atoms with van der Waals surface area (Å²) in [4.78, 5) is 19.2. The number of benzene rings is 3. The number of hydrogen-bond acceptors (Lipinski definition) is 6. The van der Waals surface area contributed by atoms with Crippen molar-refractivity contribution in [2.75, 3.05) is 32.5 Å². The van der Waals surface area contributed by atoms with E-state index in [0.717, 1.165) is 47.4 Å². The van der Waals surface area contributed by atoms with Crippen LogP contribution in [0.5, 0.6) is 5.75 Å². The zero-order chi connectivity index (χ0) is 26.2. The molecule has 0 atom stereocenters. The molecule has 0 aliphatic carbocycles. The van der Waals surface area contributed by atoms with Crippen LogP contribution in [0.4, 0.5) is 4.39 Å². The van der Waals surface area contributed by atoms with E-state index in [0.29, 0.717) is 25.4 Å². The Balaban J connectivity index is 1.43. The SMILES string of the molecule is CCc1c(C(=O)N2CCOc3ccc(-c4ccc(C5=NCCN5)cc4)cc3C2)ccc(S(C)(=O)=O)c1F. The second kappa shape index (κ2) is 9.97. The molecule has 2 heterocycles. The molecular formula is C28H28FN3O4S. The normalized spacial score (nSPS) is 15.3. The predicted octanol–water partition coefficient (Wildman–Crippen LogP) is 3.84. The Morgan fingerprint density at radius 1 is 1.08 bits per heavy atom. The van der Waals surface area contributed by atoms with E-state index in [2.05, 4.69) is 10.3 Å². The van der Waals surface area contributed by atoms with Crippen molar-refractivity contribution < 1.29 is 22.3 Å². The summed E-state index contributed by atoms with van der Waals surface area (Å²) >= 11 is 0. The first-order valence-corrected chi connectivity index (χ1v) is 14.1. The van der Waals surface area contributed by atoms with Gasteiger partial charge in [-0.15, -0.1) is 0 Å². The highest BCUT2D eigenvalue weighted by Crippen LogP contribution is 2.31. The first kappa shape index (κ1) is 25.0. The summed E-state index contributed by atoms with van der Waals surface area (Å²) in [7, 11) is -3.75. The fourth-order valence-corrected chi connectivity index (χ4v) is 5.53. The molecular weight excluding hydrogens is 493 g/mol. The number of rotatable bonds is 5. The molecule has 1 amide bonds. The van der Waals surface area contributed by atoms with Gasteiger partial charge >= 0.3 is 0 Å². The Labute approximate surface area is 215 Å². The van der Waals surface area contributed by atoms with E-state index in [1.165, 1.54) is 12.1 Å². The molecule has 5 rings (SSSR count). The van der Waals surface area contributed by atoms with Crippen LogP contribution in [0, 0.1) is 5.82 Å². The number of halogens is 1. The summed E-state index contributed by atoms with van der Waals surface area (Å²) < 4.78 is 44.9. The van der Waals surface area contributed by atoms with Gasteiger partial charge < -0.3 is 15.0 Å². The van der Waals surface area contributed by atoms with Crippen molar-refractivity contribution >= 4 is 21.6 Å². The van der Waals surface area contributed by atoms with Gasteiger partial charge in [0.1, 0.15) is 28.9 Å². The highest BCUT2D eigenvalue weighted by atomic mass is 32.2. The summed E-state index contributed by atoms with van der Waals surface area (Å²) in [6, 6.07) is 16.6. The first-order chi connectivity index (χ1) is 17.8. The Morgan fingerprint density at radius 3 is 2.49 bits per heavy atom. The van der Waals surface area contributed by atoms with Crippen molar-refractivity contribution in [3.05, 3.63) is 82.7 Å². The molecule has 0 radical (unpaired) electrons. The minimum Gasteiger partial charge on any atom is -0.491 e. The summed E-state index contributed by atoms with van der Waals surface area (Å²) in [5, 5.41) is 3.27. The summed E-state index contributed by atoms with van der Waals surface area (Å²) in [6.07, 6.45) is 1.15. The second-order valence-electron chi connectivity index (χ2n) is 9.16. The first-order valence-electron chi connectivity index (χ1n) is 12.2. The quantitative estimate of drug-likeness (QED) is 0.551. The highest BCUT2D eigenvalue weighted by molar-refractivity contribution is 7.90. The zero-order valence-corrected chi connectivity index (χ0v) is 21.6. The number of nitrogens with zero attached hydrogens (tertiary/aromatic N) is 2. The summed E-state index contributed by atoms with van der Waals surface area (Å²) in [5.74, 6) is 0.400. The third kappa shape index (κ3) is 4.96. The topological polar surface area (TPSA) is 88.1 Å². The van der Waals surface area contributed by atoms with Crippen LogP contribution in [0.2, 0.25) is 0 Å². The number of carbonyl (C=O) groups excluding carboxylic acids is 1. The van der Waals surface area contributed by atoms with Gasteiger partial charge in [0, 0.05) is 41.6 Å². The van der Waals surface area contributed by atoms with Crippen molar-refractivity contribution in [2.24, 2.45) is 4.99 Å². The molecule has 1 N–H and O–H groups in total. The summed E-state index contributed by atoms with van der Waals surface area (Å²) in [5.41, 5.74) is 4.18. The number of sulfone groups is 1. The number of ether oxygens (including phenoxy) is 1. The van der Waals surface area contributed by atoms with Gasteiger partial charge in [-0.3, -0.25) is 9.79 Å². The van der Waals surface area contributed by atoms with Crippen LogP contribution >= 0.6 is 0 Å². The Bertz CT molecular complexity index is 1500. The summed E-state index contributed by atoms with van der Waals surface area (Å²) in [6.45, 7) is 4.25. The maximum absolute atomic E-state index is 15.1. The number of aliphatic imine (C=N–C) groups is 1. The smallest absolute Gasteiger partial charge is 0.254 e. The average molecular weight is 522 g/mol. The van der Waals surface area contributed by atoms with Gasteiger partial charge in [-0.25, -0.2) is 12.8 Å². The van der Waals surface area contributed by atoms with Crippen LogP contribution in [0.1, 0.15) is 34.0 Å². The number of fused-ring (bicyclic) bond motifs is 1. The van der Waals surface area contributed by atoms with Crippen LogP contribution in [0.3, 0.4) is 0 Å². The minimum atomic E-state index is -3.75. The molecule has 0 spiro atoms. The van der Waals surface area contributed by atoms with Gasteiger partial charge in [-0.05, 0) is 41.8 Å². The molecule has 3 aromatic rings. The molecule has 2 aliphatic heterocycles. The van der Waals surface area contributed by atoms with E-state index < -0.39 is 20.5 Å². The van der Waals surface area contributed by atoms with E-state index in [-0.39, 0.29) is 23.5 Å². The zero-order valence-electron chi connectivity index (χ0n) is 20.8. The third-order valence-electron chi connectivity index (χ3n) is 6.68. The molecule has 0 unspecified atom stereocenters. The van der Waals surface area contributed by atoms with Crippen molar-refractivity contribution in [3.63, 3.8) is 0 Å². The van der Waals surface area contributed by atoms with Crippen LogP contribution in [-0.4, -0.2) is 57.6 Å². The monoisotopic (exact) mass is 521 g/mol. The minimum absolute atomic E-state index is 0.105. The maximum Gasteiger partial charge on any atom is 0.254 e. The molecule has 0 saturated carbocycles. The predicted molar refractivity (Wildman–Crippen MR) is 140 cm³/mol. The van der Waals surface area contributed by atoms with Crippen molar-refractivity contribution in [1.29, 1.82) is 0 Å². The van der Waals surface area contributed by atoms with Gasteiger partial charge in [0.2, 0.25) is 0 Å². The number of nitrogens with one attached hydrogen (secondary N) is 1. The number of carbonyl (C=O) groups is 1. The number of amides is 1. The molecule has 0 bridgehead atoms. The molecule has 3 aromatic carbocycles. The van der Waals surface area contributed by atoms with Gasteiger partial charge in [0.25, 0.3) is 5.91 Å². The Morgan fingerprint density at radius 2 is 1.81 bits per heavy atom. The van der Waals surface area contributed by atoms with Crippen molar-refractivity contribution in [1.82, 2.24) is 10.2 Å². The van der Waals surface area contributed by atoms with E-state index in [4.69, 9.17) is 4.74 Å². The largest absolute Gasteiger partial charge is 0.491 e. The average Bonchev–Trinajstić information content (AvgIpc) is 3.34. The lowest BCUT2D eigenvalue weighted by Crippen LogP contribution is -2.33. The van der Waals surface area contributed by atoms with Crippen LogP contribution in [0.25, 0.3) is 11.1 Å². The Kier molecular flexibility index (Phi) is 6.72. The van der Waals surface area contributed by atoms with Gasteiger partial charge in [0.05, 0.1) is 13.1 Å². The fourth-order valence-electron chi connectivity index (χ4n) is 4.76. The van der Waals surface area contributed by atoms with Gasteiger partial charge in [-0.2, -0.15) is 0 Å². The molecule has 7 nitrogen and oxygen atoms in total. The van der Waals surface area contributed by atoms with E-state index in [1.807, 2.05) is 42.5 Å². The fraction of sp³-hybridized carbons (Fsp3) is 0.286. The van der Waals surface area contributed by atoms with Gasteiger partial charge in [-0.1, -0.05) is 37.3 Å². The van der Waals surface area contributed by atoms with E-state index in [1.54, 1.807) is 11.8 Å². The molecule has 0 fully saturated rings. The highest BCUT2D eigenvalue weighted by Gasteiger charge is 2.27. The molecule has 37 heavy (non-hydrogen) atoms. The number of amidine groups is 1. The second-order valence-corrected chi connectivity index (χ2v) is 11.1. The molecule has 0 saturated heterocycles. The third-order valence-corrected chi connectivity index (χ3v) is 7.80. The van der Waals surface area contributed by atoms with Crippen molar-refractivity contribution in [3.8, 4) is 16.9 Å². The van der Waals surface area contributed by atoms with E-state index in [9.17, 15) is 13.2 Å². The van der Waals surface area contributed by atoms with Gasteiger partial charge in [0.15, 0.2) is 9.84 Å². The molecule has 9 heteroatoms. The maximum atomic E-state index is 15.1. The molecule has 192 valence electrons. The van der Waals surface area contributed by atoms with Crippen LogP contribution in [-0.2, 0) is 22.8 Å². The number of hydrogen-bond donors (Lipinski definition) is 1. The van der Waals surface area contributed by atoms with Crippen LogP contribution < -0.4 is 10.1 Å².